The van der Waals surface area contributed by atoms with Crippen molar-refractivity contribution in [1.29, 1.82) is 0 Å². The summed E-state index contributed by atoms with van der Waals surface area (Å²) in [7, 11) is 1.66. The highest BCUT2D eigenvalue weighted by Gasteiger charge is 2.40. The summed E-state index contributed by atoms with van der Waals surface area (Å²) in [4.78, 5) is 0. The minimum absolute atomic E-state index is 0.222. The zero-order chi connectivity index (χ0) is 26.1. The largest absolute Gasteiger partial charge is 0.497 e. The van der Waals surface area contributed by atoms with Crippen LogP contribution in [0.1, 0.15) is 34.4 Å². The molecule has 0 amide bonds. The van der Waals surface area contributed by atoms with E-state index in [0.717, 1.165) is 57.4 Å². The molecule has 4 aliphatic rings. The van der Waals surface area contributed by atoms with Crippen molar-refractivity contribution in [2.75, 3.05) is 7.11 Å². The third-order valence-corrected chi connectivity index (χ3v) is 8.63. The van der Waals surface area contributed by atoms with E-state index in [1.807, 2.05) is 48.6 Å². The first-order valence-corrected chi connectivity index (χ1v) is 13.3. The summed E-state index contributed by atoms with van der Waals surface area (Å²) < 4.78 is 33.8. The number of ether oxygens (including phenoxy) is 2. The third kappa shape index (κ3) is 3.09. The van der Waals surface area contributed by atoms with Crippen LogP contribution in [0.5, 0.6) is 11.5 Å². The van der Waals surface area contributed by atoms with Gasteiger partial charge in [-0.25, -0.2) is 4.39 Å². The summed E-state index contributed by atoms with van der Waals surface area (Å²) >= 11 is 0. The smallest absolute Gasteiger partial charge is 0.146 e. The lowest BCUT2D eigenvalue weighted by atomic mass is 9.67. The fourth-order valence-corrected chi connectivity index (χ4v) is 6.83. The van der Waals surface area contributed by atoms with Crippen molar-refractivity contribution in [1.82, 2.24) is 0 Å². The van der Waals surface area contributed by atoms with E-state index in [0.29, 0.717) is 12.0 Å². The molecule has 0 saturated carbocycles. The summed E-state index contributed by atoms with van der Waals surface area (Å²) in [6.07, 6.45) is 18.7. The second-order valence-electron chi connectivity index (χ2n) is 10.5. The zero-order valence-electron chi connectivity index (χ0n) is 21.5. The maximum atomic E-state index is 15.6. The van der Waals surface area contributed by atoms with Crippen molar-refractivity contribution < 1.29 is 18.3 Å². The van der Waals surface area contributed by atoms with Gasteiger partial charge >= 0.3 is 0 Å². The van der Waals surface area contributed by atoms with Gasteiger partial charge in [-0.1, -0.05) is 54.6 Å². The summed E-state index contributed by atoms with van der Waals surface area (Å²) in [5.41, 5.74) is 6.76. The van der Waals surface area contributed by atoms with Gasteiger partial charge in [-0.05, 0) is 71.2 Å². The molecule has 0 fully saturated rings. The molecule has 1 aliphatic heterocycles. The molecule has 1 atom stereocenters. The SMILES string of the molecule is COc1ccc(C2(c3ccccc3F)C=Cc3oc4c5c(c6c(c4c3C2)=C2CC=CC=C2C6)OC=CC=5)cc1. The molecule has 3 nitrogen and oxygen atoms in total. The fraction of sp³-hybridized carbons (Fsp3) is 0.143. The molecule has 0 bridgehead atoms. The van der Waals surface area contributed by atoms with Crippen LogP contribution in [0.2, 0.25) is 0 Å². The van der Waals surface area contributed by atoms with Crippen LogP contribution in [0.15, 0.2) is 95.2 Å². The van der Waals surface area contributed by atoms with Crippen LogP contribution in [-0.4, -0.2) is 7.11 Å². The average molecular weight is 513 g/mol. The van der Waals surface area contributed by atoms with Gasteiger partial charge in [0.2, 0.25) is 0 Å². The Bertz CT molecular complexity index is 1950. The highest BCUT2D eigenvalue weighted by atomic mass is 19.1. The molecule has 1 aromatic heterocycles. The molecule has 0 N–H and O–H groups in total. The predicted molar refractivity (Wildman–Crippen MR) is 152 cm³/mol. The van der Waals surface area contributed by atoms with Gasteiger partial charge in [0.1, 0.15) is 28.7 Å². The first-order valence-electron chi connectivity index (χ1n) is 13.3. The Balaban J connectivity index is 1.46. The number of hydrogen-bond donors (Lipinski definition) is 0. The second-order valence-corrected chi connectivity index (χ2v) is 10.5. The van der Waals surface area contributed by atoms with Crippen molar-refractivity contribution in [3.05, 3.63) is 135 Å². The van der Waals surface area contributed by atoms with Gasteiger partial charge in [0, 0.05) is 33.9 Å². The van der Waals surface area contributed by atoms with Crippen molar-refractivity contribution >= 4 is 28.7 Å². The van der Waals surface area contributed by atoms with Crippen molar-refractivity contribution in [2.24, 2.45) is 0 Å². The van der Waals surface area contributed by atoms with Crippen LogP contribution in [0.3, 0.4) is 0 Å². The molecular weight excluding hydrogens is 487 g/mol. The summed E-state index contributed by atoms with van der Waals surface area (Å²) in [5, 5.41) is 3.32. The number of halogens is 1. The lowest BCUT2D eigenvalue weighted by Crippen LogP contribution is -2.32. The van der Waals surface area contributed by atoms with Gasteiger partial charge in [-0.2, -0.15) is 0 Å². The summed E-state index contributed by atoms with van der Waals surface area (Å²) in [6, 6.07) is 15.1. The molecule has 8 rings (SSSR count). The van der Waals surface area contributed by atoms with Crippen molar-refractivity contribution in [3.8, 4) is 11.5 Å². The average Bonchev–Trinajstić information content (AvgIpc) is 3.56. The highest BCUT2D eigenvalue weighted by molar-refractivity contribution is 5.95. The van der Waals surface area contributed by atoms with E-state index in [4.69, 9.17) is 13.9 Å². The minimum Gasteiger partial charge on any atom is -0.497 e. The molecule has 39 heavy (non-hydrogen) atoms. The Labute approximate surface area is 225 Å². The molecule has 1 unspecified atom stereocenters. The topological polar surface area (TPSA) is 31.6 Å². The van der Waals surface area contributed by atoms with Gasteiger partial charge in [0.25, 0.3) is 0 Å². The Morgan fingerprint density at radius 1 is 0.974 bits per heavy atom. The summed E-state index contributed by atoms with van der Waals surface area (Å²) in [6.45, 7) is 0. The van der Waals surface area contributed by atoms with Crippen LogP contribution in [0.4, 0.5) is 4.39 Å². The molecule has 4 aromatic rings. The van der Waals surface area contributed by atoms with Crippen LogP contribution in [0, 0.1) is 5.82 Å². The van der Waals surface area contributed by atoms with E-state index in [9.17, 15) is 0 Å². The molecule has 4 heteroatoms. The maximum absolute atomic E-state index is 15.6. The lowest BCUT2D eigenvalue weighted by molar-refractivity contribution is 0.414. The Morgan fingerprint density at radius 2 is 1.85 bits per heavy atom. The molecule has 3 aliphatic carbocycles. The van der Waals surface area contributed by atoms with Gasteiger partial charge in [0.15, 0.2) is 0 Å². The Morgan fingerprint density at radius 3 is 2.69 bits per heavy atom. The fourth-order valence-electron chi connectivity index (χ4n) is 6.83. The van der Waals surface area contributed by atoms with Gasteiger partial charge in [0.05, 0.1) is 18.6 Å². The Kier molecular flexibility index (Phi) is 4.72. The monoisotopic (exact) mass is 512 g/mol. The van der Waals surface area contributed by atoms with E-state index in [-0.39, 0.29) is 5.82 Å². The van der Waals surface area contributed by atoms with E-state index in [1.165, 1.54) is 21.9 Å². The van der Waals surface area contributed by atoms with Crippen LogP contribution in [0.25, 0.3) is 28.7 Å². The molecule has 2 heterocycles. The molecule has 0 radical (unpaired) electrons. The van der Waals surface area contributed by atoms with E-state index < -0.39 is 5.41 Å². The lowest BCUT2D eigenvalue weighted by Gasteiger charge is -2.35. The molecule has 0 spiro atoms. The number of furan rings is 1. The van der Waals surface area contributed by atoms with E-state index in [2.05, 4.69) is 30.4 Å². The number of fused-ring (bicyclic) bond motifs is 9. The second kappa shape index (κ2) is 8.21. The van der Waals surface area contributed by atoms with Crippen LogP contribution >= 0.6 is 0 Å². The maximum Gasteiger partial charge on any atom is 0.146 e. The van der Waals surface area contributed by atoms with Crippen LogP contribution < -0.4 is 19.9 Å². The van der Waals surface area contributed by atoms with Gasteiger partial charge < -0.3 is 13.9 Å². The number of methoxy groups -OCH3 is 1. The van der Waals surface area contributed by atoms with Crippen molar-refractivity contribution in [3.63, 3.8) is 0 Å². The highest BCUT2D eigenvalue weighted by Crippen LogP contribution is 2.46. The summed E-state index contributed by atoms with van der Waals surface area (Å²) in [5.74, 6) is 2.26. The predicted octanol–water partition coefficient (Wildman–Crippen LogP) is 6.42. The van der Waals surface area contributed by atoms with Crippen molar-refractivity contribution in [2.45, 2.75) is 24.7 Å². The van der Waals surface area contributed by atoms with E-state index in [1.54, 1.807) is 25.5 Å². The molecule has 3 aromatic carbocycles. The number of hydrogen-bond acceptors (Lipinski definition) is 3. The van der Waals surface area contributed by atoms with Crippen LogP contribution in [-0.2, 0) is 18.3 Å². The third-order valence-electron chi connectivity index (χ3n) is 8.63. The Hall–Kier alpha value is -4.57. The van der Waals surface area contributed by atoms with Gasteiger partial charge in [-0.15, -0.1) is 0 Å². The zero-order valence-corrected chi connectivity index (χ0v) is 21.5. The number of rotatable bonds is 3. The molecule has 190 valence electrons. The van der Waals surface area contributed by atoms with E-state index >= 15 is 4.39 Å². The standard InChI is InChI=1S/C35H25FO3/c1-37-23-14-12-22(13-15-23)35(28-10-4-5-11-29(28)36)17-16-30-27(20-35)32-31-24-8-3-2-7-21(24)19-26(31)33-25(34(32)39-30)9-6-18-38-33/h2-7,9-18H,8,19-20H2,1H3. The first kappa shape index (κ1) is 22.4. The number of allylic oxidation sites excluding steroid dienone is 6. The first-order chi connectivity index (χ1) is 19.2. The van der Waals surface area contributed by atoms with Gasteiger partial charge in [-0.3, -0.25) is 0 Å². The number of benzene rings is 3. The molecule has 0 saturated heterocycles. The molecular formula is C35H25FO3. The minimum atomic E-state index is -0.710. The normalized spacial score (nSPS) is 20.1. The quantitative estimate of drug-likeness (QED) is 0.318.